The Balaban J connectivity index is 1.66. The van der Waals surface area contributed by atoms with Crippen molar-refractivity contribution in [2.45, 2.75) is 6.92 Å². The minimum atomic E-state index is -0.937. The maximum absolute atomic E-state index is 14.0. The fourth-order valence-electron chi connectivity index (χ4n) is 3.07. The number of halogens is 2. The number of hydrogen-bond donors (Lipinski definition) is 2. The monoisotopic (exact) mass is 464 g/mol. The van der Waals surface area contributed by atoms with E-state index in [0.717, 1.165) is 18.2 Å². The van der Waals surface area contributed by atoms with Crippen LogP contribution in [-0.2, 0) is 11.8 Å². The predicted molar refractivity (Wildman–Crippen MR) is 122 cm³/mol. The third-order valence-corrected chi connectivity index (χ3v) is 4.82. The first kappa shape index (κ1) is 22.5. The summed E-state index contributed by atoms with van der Waals surface area (Å²) in [6, 6.07) is 5.82. The molecule has 0 fully saturated rings. The molecule has 0 aliphatic carbocycles. The van der Waals surface area contributed by atoms with Gasteiger partial charge in [-0.15, -0.1) is 0 Å². The molecule has 1 aromatic carbocycles. The Labute approximate surface area is 191 Å². The van der Waals surface area contributed by atoms with Crippen LogP contribution in [0.1, 0.15) is 5.69 Å². The molecule has 0 spiro atoms. The van der Waals surface area contributed by atoms with E-state index in [1.807, 2.05) is 0 Å². The van der Waals surface area contributed by atoms with Crippen molar-refractivity contribution < 1.29 is 18.3 Å². The maximum atomic E-state index is 14.0. The van der Waals surface area contributed by atoms with Gasteiger partial charge in [0.1, 0.15) is 11.5 Å². The quantitative estimate of drug-likeness (QED) is 0.416. The van der Waals surface area contributed by atoms with Crippen LogP contribution >= 0.6 is 0 Å². The molecule has 3 heterocycles. The SMILES string of the molecule is C=CC(=O)Nc1cnc(C)c(Nc2ncc3cc(Oc4ccc(F)cc4F)c(=O)n(C)c3n2)c1. The van der Waals surface area contributed by atoms with E-state index in [2.05, 4.69) is 32.2 Å². The molecule has 0 unspecified atom stereocenters. The van der Waals surface area contributed by atoms with Crippen molar-refractivity contribution in [1.82, 2.24) is 19.5 Å². The summed E-state index contributed by atoms with van der Waals surface area (Å²) in [5.41, 5.74) is 1.32. The normalized spacial score (nSPS) is 10.7. The lowest BCUT2D eigenvalue weighted by molar-refractivity contribution is -0.111. The molecule has 0 saturated heterocycles. The maximum Gasteiger partial charge on any atom is 0.294 e. The summed E-state index contributed by atoms with van der Waals surface area (Å²) in [5, 5.41) is 6.08. The van der Waals surface area contributed by atoms with Gasteiger partial charge in [0, 0.05) is 24.7 Å². The van der Waals surface area contributed by atoms with Gasteiger partial charge in [-0.05, 0) is 37.3 Å². The van der Waals surface area contributed by atoms with Gasteiger partial charge in [0.2, 0.25) is 11.9 Å². The third kappa shape index (κ3) is 4.58. The summed E-state index contributed by atoms with van der Waals surface area (Å²) in [5.74, 6) is -2.36. The van der Waals surface area contributed by atoms with Crippen LogP contribution in [-0.4, -0.2) is 25.4 Å². The highest BCUT2D eigenvalue weighted by Gasteiger charge is 2.14. The zero-order chi connectivity index (χ0) is 24.4. The van der Waals surface area contributed by atoms with Crippen molar-refractivity contribution in [3.8, 4) is 11.5 Å². The van der Waals surface area contributed by atoms with Crippen LogP contribution in [0.5, 0.6) is 11.5 Å². The molecule has 9 nitrogen and oxygen atoms in total. The number of benzene rings is 1. The minimum Gasteiger partial charge on any atom is -0.448 e. The number of pyridine rings is 2. The van der Waals surface area contributed by atoms with Gasteiger partial charge in [0.05, 0.1) is 23.3 Å². The Morgan fingerprint density at radius 3 is 2.68 bits per heavy atom. The summed E-state index contributed by atoms with van der Waals surface area (Å²) >= 11 is 0. The lowest BCUT2D eigenvalue weighted by Gasteiger charge is -2.12. The lowest BCUT2D eigenvalue weighted by atomic mass is 10.3. The van der Waals surface area contributed by atoms with Gasteiger partial charge in [-0.3, -0.25) is 19.1 Å². The molecule has 2 N–H and O–H groups in total. The second kappa shape index (κ2) is 9.06. The Morgan fingerprint density at radius 1 is 1.15 bits per heavy atom. The molecule has 0 saturated carbocycles. The molecule has 34 heavy (non-hydrogen) atoms. The molecule has 0 atom stereocenters. The van der Waals surface area contributed by atoms with E-state index >= 15 is 0 Å². The average molecular weight is 464 g/mol. The third-order valence-electron chi connectivity index (χ3n) is 4.82. The fraction of sp³-hybridized carbons (Fsp3) is 0.0870. The van der Waals surface area contributed by atoms with Crippen molar-refractivity contribution >= 4 is 34.3 Å². The number of fused-ring (bicyclic) bond motifs is 1. The number of hydrogen-bond acceptors (Lipinski definition) is 7. The summed E-state index contributed by atoms with van der Waals surface area (Å²) in [6.07, 6.45) is 4.10. The number of anilines is 3. The first-order valence-electron chi connectivity index (χ1n) is 9.92. The van der Waals surface area contributed by atoms with Gasteiger partial charge < -0.3 is 15.4 Å². The number of carbonyl (C=O) groups excluding carboxylic acids is 1. The van der Waals surface area contributed by atoms with Crippen LogP contribution in [0.15, 0.2) is 60.2 Å². The lowest BCUT2D eigenvalue weighted by Crippen LogP contribution is -2.19. The van der Waals surface area contributed by atoms with Crippen molar-refractivity contribution in [1.29, 1.82) is 0 Å². The highest BCUT2D eigenvalue weighted by Crippen LogP contribution is 2.26. The van der Waals surface area contributed by atoms with Crippen molar-refractivity contribution in [2.75, 3.05) is 10.6 Å². The summed E-state index contributed by atoms with van der Waals surface area (Å²) in [4.78, 5) is 37.2. The highest BCUT2D eigenvalue weighted by atomic mass is 19.1. The van der Waals surface area contributed by atoms with Crippen molar-refractivity contribution in [3.05, 3.63) is 83.1 Å². The molecule has 4 rings (SSSR count). The molecule has 4 aromatic rings. The standard InChI is InChI=1S/C23H18F2N6O3/c1-4-20(32)28-15-9-17(12(2)26-11-15)29-23-27-10-13-7-19(22(33)31(3)21(13)30-23)34-18-6-5-14(24)8-16(18)25/h4-11H,1H2,2-3H3,(H,28,32)(H,27,29,30). The van der Waals surface area contributed by atoms with Gasteiger partial charge in [-0.2, -0.15) is 4.98 Å². The fourth-order valence-corrected chi connectivity index (χ4v) is 3.07. The molecular formula is C23H18F2N6O3. The molecular weight excluding hydrogens is 446 g/mol. The number of aromatic nitrogens is 4. The van der Waals surface area contributed by atoms with Crippen LogP contribution in [0.25, 0.3) is 11.0 Å². The second-order valence-corrected chi connectivity index (χ2v) is 7.20. The first-order chi connectivity index (χ1) is 16.2. The molecule has 0 bridgehead atoms. The average Bonchev–Trinajstić information content (AvgIpc) is 2.81. The number of carbonyl (C=O) groups is 1. The summed E-state index contributed by atoms with van der Waals surface area (Å²) < 4.78 is 33.7. The van der Waals surface area contributed by atoms with Crippen molar-refractivity contribution in [3.63, 3.8) is 0 Å². The van der Waals surface area contributed by atoms with E-state index in [0.29, 0.717) is 28.5 Å². The predicted octanol–water partition coefficient (Wildman–Crippen LogP) is 3.97. The highest BCUT2D eigenvalue weighted by molar-refractivity contribution is 5.99. The van der Waals surface area contributed by atoms with E-state index in [4.69, 9.17) is 4.74 Å². The Kier molecular flexibility index (Phi) is 6.00. The second-order valence-electron chi connectivity index (χ2n) is 7.20. The van der Waals surface area contributed by atoms with E-state index in [1.54, 1.807) is 13.0 Å². The van der Waals surface area contributed by atoms with Gasteiger partial charge in [-0.1, -0.05) is 6.58 Å². The molecule has 172 valence electrons. The number of nitrogens with one attached hydrogen (secondary N) is 2. The van der Waals surface area contributed by atoms with E-state index in [1.165, 1.54) is 30.1 Å². The zero-order valence-electron chi connectivity index (χ0n) is 18.1. The Morgan fingerprint density at radius 2 is 1.94 bits per heavy atom. The molecule has 0 aliphatic rings. The molecule has 11 heteroatoms. The number of rotatable bonds is 6. The van der Waals surface area contributed by atoms with Crippen LogP contribution in [0.4, 0.5) is 26.1 Å². The zero-order valence-corrected chi connectivity index (χ0v) is 18.1. The van der Waals surface area contributed by atoms with Gasteiger partial charge in [-0.25, -0.2) is 13.8 Å². The van der Waals surface area contributed by atoms with Crippen LogP contribution in [0, 0.1) is 18.6 Å². The number of ether oxygens (including phenoxy) is 1. The van der Waals surface area contributed by atoms with E-state index in [9.17, 15) is 18.4 Å². The van der Waals surface area contributed by atoms with Crippen LogP contribution in [0.3, 0.4) is 0 Å². The Bertz CT molecular complexity index is 1500. The summed E-state index contributed by atoms with van der Waals surface area (Å²) in [7, 11) is 1.48. The number of aryl methyl sites for hydroxylation is 2. The molecule has 0 aliphatic heterocycles. The van der Waals surface area contributed by atoms with E-state index < -0.39 is 17.2 Å². The topological polar surface area (TPSA) is 111 Å². The molecule has 0 radical (unpaired) electrons. The molecule has 3 aromatic heterocycles. The van der Waals surface area contributed by atoms with Crippen molar-refractivity contribution in [2.24, 2.45) is 7.05 Å². The first-order valence-corrected chi connectivity index (χ1v) is 9.92. The van der Waals surface area contributed by atoms with Gasteiger partial charge in [0.15, 0.2) is 17.3 Å². The molecule has 1 amide bonds. The largest absolute Gasteiger partial charge is 0.448 e. The van der Waals surface area contributed by atoms with Gasteiger partial charge >= 0.3 is 0 Å². The number of nitrogens with zero attached hydrogens (tertiary/aromatic N) is 4. The van der Waals surface area contributed by atoms with Crippen LogP contribution in [0.2, 0.25) is 0 Å². The smallest absolute Gasteiger partial charge is 0.294 e. The Hall–Kier alpha value is -4.67. The summed E-state index contributed by atoms with van der Waals surface area (Å²) in [6.45, 7) is 5.17. The van der Waals surface area contributed by atoms with Gasteiger partial charge in [0.25, 0.3) is 5.56 Å². The van der Waals surface area contributed by atoms with E-state index in [-0.39, 0.29) is 29.0 Å². The minimum absolute atomic E-state index is 0.171. The van der Waals surface area contributed by atoms with Crippen LogP contribution < -0.4 is 20.9 Å². The number of amides is 1.